The number of ketones is 1. The van der Waals surface area contributed by atoms with Crippen molar-refractivity contribution in [2.45, 2.75) is 26.2 Å². The molecule has 1 aromatic rings. The summed E-state index contributed by atoms with van der Waals surface area (Å²) in [5.74, 6) is 1.02. The van der Waals surface area contributed by atoms with Gasteiger partial charge < -0.3 is 0 Å². The number of likely N-dealkylation sites (tertiary alicyclic amines) is 1. The zero-order chi connectivity index (χ0) is 13.1. The van der Waals surface area contributed by atoms with Crippen LogP contribution < -0.4 is 0 Å². The molecule has 2 nitrogen and oxygen atoms in total. The lowest BCUT2D eigenvalue weighted by Gasteiger charge is -2.14. The van der Waals surface area contributed by atoms with E-state index in [1.54, 1.807) is 11.3 Å². The fraction of sp³-hybridized carbons (Fsp3) is 0.615. The second-order valence-corrected chi connectivity index (χ2v) is 8.59. The van der Waals surface area contributed by atoms with Crippen LogP contribution in [0, 0.1) is 5.92 Å². The van der Waals surface area contributed by atoms with Gasteiger partial charge in [-0.2, -0.15) is 0 Å². The first-order valence-corrected chi connectivity index (χ1v) is 8.70. The van der Waals surface area contributed by atoms with Crippen LogP contribution in [0.3, 0.4) is 0 Å². The summed E-state index contributed by atoms with van der Waals surface area (Å²) >= 11 is 8.43. The van der Waals surface area contributed by atoms with E-state index in [1.807, 2.05) is 6.07 Å². The van der Waals surface area contributed by atoms with Gasteiger partial charge in [-0.15, -0.1) is 11.3 Å². The lowest BCUT2D eigenvalue weighted by molar-refractivity contribution is 0.0943. The molecular weight excluding hydrogens is 378 g/mol. The number of rotatable bonds is 5. The number of carbonyl (C=O) groups excluding carboxylic acids is 1. The predicted molar refractivity (Wildman–Crippen MR) is 83.5 cm³/mol. The normalized spacial score (nSPS) is 20.5. The van der Waals surface area contributed by atoms with Gasteiger partial charge in [-0.1, -0.05) is 13.3 Å². The van der Waals surface area contributed by atoms with Gasteiger partial charge in [0.2, 0.25) is 0 Å². The molecule has 1 aliphatic heterocycles. The summed E-state index contributed by atoms with van der Waals surface area (Å²) in [6, 6.07) is 1.91. The number of hydrogen-bond acceptors (Lipinski definition) is 3. The number of Topliss-reactive ketones (excluding diaryl/α,β-unsaturated/α-hetero) is 1. The van der Waals surface area contributed by atoms with Crippen LogP contribution in [0.15, 0.2) is 13.6 Å². The van der Waals surface area contributed by atoms with Crippen LogP contribution in [0.4, 0.5) is 0 Å². The molecule has 2 heterocycles. The minimum atomic E-state index is 0.223. The molecule has 0 radical (unpaired) electrons. The molecule has 1 unspecified atom stereocenters. The Hall–Kier alpha value is 0.290. The summed E-state index contributed by atoms with van der Waals surface area (Å²) in [7, 11) is 0. The Kier molecular flexibility index (Phi) is 5.42. The van der Waals surface area contributed by atoms with E-state index >= 15 is 0 Å². The third kappa shape index (κ3) is 3.65. The minimum Gasteiger partial charge on any atom is -0.296 e. The van der Waals surface area contributed by atoms with E-state index in [-0.39, 0.29) is 5.78 Å². The Bertz CT molecular complexity index is 433. The maximum Gasteiger partial charge on any atom is 0.178 e. The monoisotopic (exact) mass is 393 g/mol. The highest BCUT2D eigenvalue weighted by atomic mass is 79.9. The Balaban J connectivity index is 1.91. The van der Waals surface area contributed by atoms with Gasteiger partial charge in [-0.25, -0.2) is 0 Å². The molecule has 0 amide bonds. The smallest absolute Gasteiger partial charge is 0.178 e. The van der Waals surface area contributed by atoms with E-state index in [2.05, 4.69) is 43.7 Å². The second-order valence-electron chi connectivity index (χ2n) is 4.84. The van der Waals surface area contributed by atoms with Crippen LogP contribution >= 0.6 is 43.2 Å². The van der Waals surface area contributed by atoms with Crippen molar-refractivity contribution < 1.29 is 4.79 Å². The van der Waals surface area contributed by atoms with Crippen molar-refractivity contribution in [3.8, 4) is 0 Å². The van der Waals surface area contributed by atoms with Gasteiger partial charge in [0.25, 0.3) is 0 Å². The molecule has 0 aromatic carbocycles. The summed E-state index contributed by atoms with van der Waals surface area (Å²) < 4.78 is 1.94. The largest absolute Gasteiger partial charge is 0.296 e. The molecule has 0 spiro atoms. The van der Waals surface area contributed by atoms with Crippen molar-refractivity contribution in [2.75, 3.05) is 19.6 Å². The third-order valence-corrected chi connectivity index (χ3v) is 5.73. The average molecular weight is 395 g/mol. The van der Waals surface area contributed by atoms with E-state index < -0.39 is 0 Å². The number of nitrogens with zero attached hydrogens (tertiary/aromatic N) is 1. The average Bonchev–Trinajstić information content (AvgIpc) is 2.86. The second kappa shape index (κ2) is 6.64. The van der Waals surface area contributed by atoms with Gasteiger partial charge in [0.05, 0.1) is 14.1 Å². The van der Waals surface area contributed by atoms with Crippen LogP contribution in [0.5, 0.6) is 0 Å². The number of halogens is 2. The first-order chi connectivity index (χ1) is 8.60. The van der Waals surface area contributed by atoms with Gasteiger partial charge in [-0.05, 0) is 63.2 Å². The fourth-order valence-corrected chi connectivity index (χ4v) is 5.37. The zero-order valence-corrected chi connectivity index (χ0v) is 14.4. The van der Waals surface area contributed by atoms with E-state index in [9.17, 15) is 4.79 Å². The van der Waals surface area contributed by atoms with Gasteiger partial charge in [0.1, 0.15) is 0 Å². The van der Waals surface area contributed by atoms with E-state index in [1.165, 1.54) is 19.3 Å². The zero-order valence-electron chi connectivity index (χ0n) is 10.4. The fourth-order valence-electron chi connectivity index (χ4n) is 2.52. The highest BCUT2D eigenvalue weighted by Gasteiger charge is 2.24. The lowest BCUT2D eigenvalue weighted by Crippen LogP contribution is -2.27. The highest BCUT2D eigenvalue weighted by Crippen LogP contribution is 2.32. The van der Waals surface area contributed by atoms with Crippen LogP contribution in [0.2, 0.25) is 0 Å². The topological polar surface area (TPSA) is 20.3 Å². The molecule has 1 saturated heterocycles. The Labute approximate surface area is 129 Å². The van der Waals surface area contributed by atoms with Crippen molar-refractivity contribution >= 4 is 49.0 Å². The van der Waals surface area contributed by atoms with Gasteiger partial charge in [0, 0.05) is 12.1 Å². The number of thiophene rings is 1. The summed E-state index contributed by atoms with van der Waals surface area (Å²) in [6.45, 7) is 4.94. The first-order valence-electron chi connectivity index (χ1n) is 6.30. The molecule has 100 valence electrons. The first kappa shape index (κ1) is 14.7. The molecule has 5 heteroatoms. The van der Waals surface area contributed by atoms with Crippen molar-refractivity contribution in [1.29, 1.82) is 0 Å². The van der Waals surface area contributed by atoms with Gasteiger partial charge in [0.15, 0.2) is 5.78 Å². The molecule has 1 aromatic heterocycles. The van der Waals surface area contributed by atoms with Crippen LogP contribution in [0.25, 0.3) is 0 Å². The molecule has 0 N–H and O–H groups in total. The van der Waals surface area contributed by atoms with Gasteiger partial charge >= 0.3 is 0 Å². The molecule has 0 aliphatic carbocycles. The lowest BCUT2D eigenvalue weighted by atomic mass is 10.0. The van der Waals surface area contributed by atoms with Crippen molar-refractivity contribution in [3.05, 3.63) is 19.2 Å². The van der Waals surface area contributed by atoms with Crippen molar-refractivity contribution in [3.63, 3.8) is 0 Å². The molecule has 0 bridgehead atoms. The molecule has 2 rings (SSSR count). The standard InChI is InChI=1S/C13H17Br2NOS/c1-2-3-9-4-5-16(7-9)8-11(17)10-6-12(14)18-13(10)15/h6,9H,2-5,7-8H2,1H3. The van der Waals surface area contributed by atoms with Crippen molar-refractivity contribution in [1.82, 2.24) is 4.90 Å². The minimum absolute atomic E-state index is 0.223. The third-order valence-electron chi connectivity index (χ3n) is 3.39. The molecule has 1 aliphatic rings. The Morgan fingerprint density at radius 1 is 1.56 bits per heavy atom. The van der Waals surface area contributed by atoms with Crippen LogP contribution in [-0.4, -0.2) is 30.3 Å². The molecule has 1 atom stereocenters. The van der Waals surface area contributed by atoms with E-state index in [4.69, 9.17) is 0 Å². The van der Waals surface area contributed by atoms with E-state index in [0.717, 1.165) is 32.1 Å². The molecule has 18 heavy (non-hydrogen) atoms. The Morgan fingerprint density at radius 3 is 2.94 bits per heavy atom. The maximum absolute atomic E-state index is 12.2. The summed E-state index contributed by atoms with van der Waals surface area (Å²) in [6.07, 6.45) is 3.78. The summed E-state index contributed by atoms with van der Waals surface area (Å²) in [5, 5.41) is 0. The maximum atomic E-state index is 12.2. The van der Waals surface area contributed by atoms with Crippen LogP contribution in [-0.2, 0) is 0 Å². The predicted octanol–water partition coefficient (Wildman–Crippen LogP) is 4.58. The van der Waals surface area contributed by atoms with Gasteiger partial charge in [-0.3, -0.25) is 9.69 Å². The molecule has 0 saturated carbocycles. The van der Waals surface area contributed by atoms with Crippen molar-refractivity contribution in [2.24, 2.45) is 5.92 Å². The quantitative estimate of drug-likeness (QED) is 0.681. The number of hydrogen-bond donors (Lipinski definition) is 0. The molecular formula is C13H17Br2NOS. The number of carbonyl (C=O) groups is 1. The summed E-state index contributed by atoms with van der Waals surface area (Å²) in [4.78, 5) is 14.5. The summed E-state index contributed by atoms with van der Waals surface area (Å²) in [5.41, 5.74) is 0.811. The SMILES string of the molecule is CCCC1CCN(CC(=O)c2cc(Br)sc2Br)C1. The highest BCUT2D eigenvalue weighted by molar-refractivity contribution is 9.12. The molecule has 1 fully saturated rings. The Morgan fingerprint density at radius 2 is 2.33 bits per heavy atom. The van der Waals surface area contributed by atoms with Crippen LogP contribution in [0.1, 0.15) is 36.5 Å². The van der Waals surface area contributed by atoms with E-state index in [0.29, 0.717) is 6.54 Å².